The maximum Gasteiger partial charge on any atom is 0.270 e. The summed E-state index contributed by atoms with van der Waals surface area (Å²) >= 11 is 1.45. The first kappa shape index (κ1) is 20.6. The molecule has 2 aromatic heterocycles. The number of aliphatic imine (C=N–C) groups is 1. The van der Waals surface area contributed by atoms with Crippen molar-refractivity contribution in [1.82, 2.24) is 20.0 Å². The molecule has 0 radical (unpaired) electrons. The number of thiophene rings is 1. The van der Waals surface area contributed by atoms with E-state index >= 15 is 0 Å². The minimum absolute atomic E-state index is 0.0542. The summed E-state index contributed by atoms with van der Waals surface area (Å²) in [5.74, 6) is 1.63. The molecule has 3 heterocycles. The van der Waals surface area contributed by atoms with E-state index in [0.717, 1.165) is 16.2 Å². The number of hydrogen-bond donors (Lipinski definition) is 1. The number of nitrogens with zero attached hydrogens (tertiary/aromatic N) is 5. The number of likely N-dealkylation sites (N-methyl/N-ethyl adjacent to an activating group) is 1. The number of carbonyl (C=O) groups is 1. The van der Waals surface area contributed by atoms with Gasteiger partial charge in [-0.3, -0.25) is 4.79 Å². The van der Waals surface area contributed by atoms with Crippen molar-refractivity contribution in [2.45, 2.75) is 0 Å². The predicted octanol–water partition coefficient (Wildman–Crippen LogP) is 2.53. The monoisotopic (exact) mass is 438 g/mol. The maximum atomic E-state index is 12.1. The van der Waals surface area contributed by atoms with Crippen LogP contribution in [0.3, 0.4) is 0 Å². The molecule has 0 saturated heterocycles. The SMILES string of the molecule is COc1ccsc1-c1nnc(C2=C(N)N(C)CC(c3ccc(C(=O)N(C)C)cc3)=N2)o1. The second-order valence-electron chi connectivity index (χ2n) is 7.16. The molecular formula is C21H22N6O3S. The van der Waals surface area contributed by atoms with E-state index in [9.17, 15) is 4.79 Å². The summed E-state index contributed by atoms with van der Waals surface area (Å²) in [5, 5.41) is 10.2. The Morgan fingerprint density at radius 2 is 1.90 bits per heavy atom. The first-order valence-electron chi connectivity index (χ1n) is 9.45. The summed E-state index contributed by atoms with van der Waals surface area (Å²) in [7, 11) is 6.91. The summed E-state index contributed by atoms with van der Waals surface area (Å²) in [6.45, 7) is 0.510. The fourth-order valence-corrected chi connectivity index (χ4v) is 3.90. The zero-order chi connectivity index (χ0) is 22.1. The Kier molecular flexibility index (Phi) is 5.47. The van der Waals surface area contributed by atoms with Gasteiger partial charge >= 0.3 is 0 Å². The molecule has 0 saturated carbocycles. The molecule has 10 heteroatoms. The lowest BCUT2D eigenvalue weighted by atomic mass is 10.1. The molecule has 0 aliphatic carbocycles. The molecule has 0 atom stereocenters. The van der Waals surface area contributed by atoms with Crippen LogP contribution in [0.2, 0.25) is 0 Å². The van der Waals surface area contributed by atoms with Gasteiger partial charge in [0.05, 0.1) is 19.4 Å². The number of methoxy groups -OCH3 is 1. The zero-order valence-electron chi connectivity index (χ0n) is 17.6. The van der Waals surface area contributed by atoms with Crippen LogP contribution < -0.4 is 10.5 Å². The Balaban J connectivity index is 1.67. The van der Waals surface area contributed by atoms with Gasteiger partial charge in [0.1, 0.15) is 16.4 Å². The lowest BCUT2D eigenvalue weighted by molar-refractivity contribution is 0.0827. The average Bonchev–Trinajstić information content (AvgIpc) is 3.44. The van der Waals surface area contributed by atoms with Gasteiger partial charge in [0, 0.05) is 26.7 Å². The van der Waals surface area contributed by atoms with Crippen LogP contribution in [0.15, 0.2) is 50.9 Å². The van der Waals surface area contributed by atoms with Crippen molar-refractivity contribution in [2.75, 3.05) is 34.8 Å². The van der Waals surface area contributed by atoms with Crippen LogP contribution in [0, 0.1) is 0 Å². The topological polar surface area (TPSA) is 110 Å². The van der Waals surface area contributed by atoms with E-state index in [2.05, 4.69) is 10.2 Å². The van der Waals surface area contributed by atoms with Crippen molar-refractivity contribution in [2.24, 2.45) is 10.7 Å². The first-order chi connectivity index (χ1) is 14.9. The Bertz CT molecular complexity index is 1180. The van der Waals surface area contributed by atoms with Crippen LogP contribution in [-0.4, -0.2) is 66.4 Å². The Morgan fingerprint density at radius 1 is 1.19 bits per heavy atom. The van der Waals surface area contributed by atoms with Crippen LogP contribution in [0.5, 0.6) is 5.75 Å². The molecule has 2 N–H and O–H groups in total. The van der Waals surface area contributed by atoms with Gasteiger partial charge in [-0.15, -0.1) is 21.5 Å². The van der Waals surface area contributed by atoms with Gasteiger partial charge in [0.25, 0.3) is 17.7 Å². The smallest absolute Gasteiger partial charge is 0.270 e. The van der Waals surface area contributed by atoms with Gasteiger partial charge < -0.3 is 24.7 Å². The number of carbonyl (C=O) groups excluding carboxylic acids is 1. The Labute approximate surface area is 183 Å². The summed E-state index contributed by atoms with van der Waals surface area (Å²) in [6.07, 6.45) is 0. The van der Waals surface area contributed by atoms with E-state index < -0.39 is 0 Å². The predicted molar refractivity (Wildman–Crippen MR) is 119 cm³/mol. The molecule has 1 aromatic carbocycles. The van der Waals surface area contributed by atoms with E-state index in [-0.39, 0.29) is 11.8 Å². The fourth-order valence-electron chi connectivity index (χ4n) is 3.12. The average molecular weight is 439 g/mol. The molecule has 160 valence electrons. The van der Waals surface area contributed by atoms with Gasteiger partial charge in [-0.2, -0.15) is 0 Å². The quantitative estimate of drug-likeness (QED) is 0.652. The normalized spacial score (nSPS) is 13.9. The minimum atomic E-state index is -0.0542. The summed E-state index contributed by atoms with van der Waals surface area (Å²) < 4.78 is 11.2. The highest BCUT2D eigenvalue weighted by atomic mass is 32.1. The second kappa shape index (κ2) is 8.23. The Morgan fingerprint density at radius 3 is 2.58 bits per heavy atom. The number of amides is 1. The fraction of sp³-hybridized carbons (Fsp3) is 0.238. The highest BCUT2D eigenvalue weighted by Gasteiger charge is 2.25. The standard InChI is InChI=1S/C21H22N6O3S/c1-26(2)21(28)13-7-5-12(6-8-13)14-11-27(3)18(22)16(23-14)19-24-25-20(30-19)17-15(29-4)9-10-31-17/h5-10H,11,22H2,1-4H3. The third-order valence-electron chi connectivity index (χ3n) is 4.83. The highest BCUT2D eigenvalue weighted by molar-refractivity contribution is 7.13. The van der Waals surface area contributed by atoms with Crippen LogP contribution in [0.4, 0.5) is 0 Å². The van der Waals surface area contributed by atoms with Crippen molar-refractivity contribution >= 4 is 28.7 Å². The number of ether oxygens (including phenoxy) is 1. The van der Waals surface area contributed by atoms with Gasteiger partial charge in [-0.25, -0.2) is 4.99 Å². The molecule has 1 aliphatic heterocycles. The summed E-state index contributed by atoms with van der Waals surface area (Å²) in [4.78, 5) is 21.0. The zero-order valence-corrected chi connectivity index (χ0v) is 18.4. The van der Waals surface area contributed by atoms with Crippen molar-refractivity contribution < 1.29 is 13.9 Å². The van der Waals surface area contributed by atoms with Crippen LogP contribution in [0.1, 0.15) is 21.8 Å². The number of benzene rings is 1. The highest BCUT2D eigenvalue weighted by Crippen LogP contribution is 2.35. The molecule has 1 aliphatic rings. The molecule has 3 aromatic rings. The van der Waals surface area contributed by atoms with Crippen molar-refractivity contribution in [3.8, 4) is 16.5 Å². The van der Waals surface area contributed by atoms with Gasteiger partial charge in [0.2, 0.25) is 0 Å². The number of aromatic nitrogens is 2. The molecule has 4 rings (SSSR count). The maximum absolute atomic E-state index is 12.1. The van der Waals surface area contributed by atoms with E-state index in [4.69, 9.17) is 19.9 Å². The minimum Gasteiger partial charge on any atom is -0.495 e. The molecule has 31 heavy (non-hydrogen) atoms. The summed E-state index contributed by atoms with van der Waals surface area (Å²) in [5.41, 5.74) is 8.96. The molecular weight excluding hydrogens is 416 g/mol. The van der Waals surface area contributed by atoms with Crippen LogP contribution in [-0.2, 0) is 0 Å². The van der Waals surface area contributed by atoms with Crippen molar-refractivity contribution in [1.29, 1.82) is 0 Å². The molecule has 0 unspecified atom stereocenters. The van der Waals surface area contributed by atoms with Gasteiger partial charge in [-0.05, 0) is 29.1 Å². The Hall–Kier alpha value is -3.66. The lowest BCUT2D eigenvalue weighted by Gasteiger charge is -2.26. The van der Waals surface area contributed by atoms with E-state index in [0.29, 0.717) is 35.3 Å². The van der Waals surface area contributed by atoms with Crippen LogP contribution in [0.25, 0.3) is 16.5 Å². The third kappa shape index (κ3) is 3.89. The van der Waals surface area contributed by atoms with Gasteiger partial charge in [-0.1, -0.05) is 12.1 Å². The van der Waals surface area contributed by atoms with Crippen molar-refractivity contribution in [3.05, 3.63) is 58.6 Å². The van der Waals surface area contributed by atoms with E-state index in [1.165, 1.54) is 16.2 Å². The number of hydrogen-bond acceptors (Lipinski definition) is 9. The van der Waals surface area contributed by atoms with Crippen molar-refractivity contribution in [3.63, 3.8) is 0 Å². The molecule has 0 fully saturated rings. The van der Waals surface area contributed by atoms with E-state index in [1.807, 2.05) is 35.5 Å². The van der Waals surface area contributed by atoms with Crippen LogP contribution >= 0.6 is 11.3 Å². The van der Waals surface area contributed by atoms with Gasteiger partial charge in [0.15, 0.2) is 5.70 Å². The lowest BCUT2D eigenvalue weighted by Crippen LogP contribution is -2.34. The summed E-state index contributed by atoms with van der Waals surface area (Å²) in [6, 6.07) is 9.16. The second-order valence-corrected chi connectivity index (χ2v) is 8.07. The number of rotatable bonds is 5. The first-order valence-corrected chi connectivity index (χ1v) is 10.3. The largest absolute Gasteiger partial charge is 0.495 e. The molecule has 0 spiro atoms. The number of nitrogens with two attached hydrogens (primary N) is 1. The van der Waals surface area contributed by atoms with E-state index in [1.54, 1.807) is 33.3 Å². The molecule has 0 bridgehead atoms. The molecule has 1 amide bonds. The third-order valence-corrected chi connectivity index (χ3v) is 5.71. The molecule has 9 nitrogen and oxygen atoms in total.